The van der Waals surface area contributed by atoms with Crippen LogP contribution >= 0.6 is 0 Å². The second-order valence-corrected chi connectivity index (χ2v) is 8.90. The molecule has 3 fully saturated rings. The van der Waals surface area contributed by atoms with Crippen LogP contribution in [-0.2, 0) is 19.6 Å². The number of nitrogens with one attached hydrogen (secondary N) is 1. The number of carbonyl (C=O) groups excluding carboxylic acids is 1. The van der Waals surface area contributed by atoms with Crippen LogP contribution in [0.1, 0.15) is 18.4 Å². The van der Waals surface area contributed by atoms with Gasteiger partial charge in [0.1, 0.15) is 0 Å². The first-order valence-electron chi connectivity index (χ1n) is 8.26. The van der Waals surface area contributed by atoms with E-state index in [4.69, 9.17) is 11.3 Å². The van der Waals surface area contributed by atoms with Crippen molar-refractivity contribution in [3.05, 3.63) is 35.2 Å². The number of benzene rings is 1. The van der Waals surface area contributed by atoms with Crippen molar-refractivity contribution in [3.8, 4) is 0 Å². The van der Waals surface area contributed by atoms with Gasteiger partial charge in [0.15, 0.2) is 5.69 Å². The van der Waals surface area contributed by atoms with Crippen molar-refractivity contribution in [2.24, 2.45) is 5.92 Å². The summed E-state index contributed by atoms with van der Waals surface area (Å²) in [7, 11) is -2.47. The number of fused-ring (bicyclic) bond motifs is 5. The minimum atomic E-state index is -3.94. The van der Waals surface area contributed by atoms with Crippen LogP contribution in [0.5, 0.6) is 0 Å². The number of carbonyl (C=O) groups is 1. The average molecular weight is 361 g/mol. The Bertz CT molecular complexity index is 907. The molecular formula is C17H19N3O4S. The maximum Gasteiger partial charge on any atom is 0.253 e. The largest absolute Gasteiger partial charge is 0.372 e. The molecular weight excluding hydrogens is 342 g/mol. The Labute approximate surface area is 146 Å². The second kappa shape index (κ2) is 5.19. The molecule has 1 aromatic rings. The van der Waals surface area contributed by atoms with E-state index in [1.54, 1.807) is 25.1 Å². The standard InChI is InChI=1S/C17H19N3O4S/c1-10-8-11(4-5-13(10)18-2)20-9-12-14-6-7-15(24-14)17(12,16(21)19-3)25(20,22)23/h4-5,8,12,14-15H,6-7,9H2,1,3H3,(H,19,21)/t12-,14+,15-,17-/m1/s1. The van der Waals surface area contributed by atoms with Gasteiger partial charge in [0.25, 0.3) is 10.0 Å². The van der Waals surface area contributed by atoms with Crippen molar-refractivity contribution in [1.82, 2.24) is 5.32 Å². The molecule has 4 rings (SSSR count). The Balaban J connectivity index is 1.85. The fourth-order valence-electron chi connectivity index (χ4n) is 4.65. The monoisotopic (exact) mass is 361 g/mol. The number of nitrogens with zero attached hydrogens (tertiary/aromatic N) is 2. The quantitative estimate of drug-likeness (QED) is 0.807. The molecule has 3 saturated heterocycles. The SMILES string of the molecule is [C-]#[N+]c1ccc(N2C[C@@H]3[C@@H]4CC[C@@H](O4)[C@]3(C(=O)NC)S2(=O)=O)cc1C. The van der Waals surface area contributed by atoms with Gasteiger partial charge in [0, 0.05) is 25.2 Å². The van der Waals surface area contributed by atoms with Crippen LogP contribution in [0.2, 0.25) is 0 Å². The highest BCUT2D eigenvalue weighted by atomic mass is 32.2. The number of aryl methyl sites for hydroxylation is 1. The lowest BCUT2D eigenvalue weighted by Crippen LogP contribution is -2.60. The van der Waals surface area contributed by atoms with E-state index in [0.717, 1.165) is 6.42 Å². The molecule has 3 aliphatic rings. The smallest absolute Gasteiger partial charge is 0.253 e. The zero-order valence-electron chi connectivity index (χ0n) is 14.0. The summed E-state index contributed by atoms with van der Waals surface area (Å²) >= 11 is 0. The molecule has 25 heavy (non-hydrogen) atoms. The highest BCUT2D eigenvalue weighted by Crippen LogP contribution is 2.56. The molecule has 132 valence electrons. The Hall–Kier alpha value is -2.11. The van der Waals surface area contributed by atoms with Gasteiger partial charge in [-0.2, -0.15) is 0 Å². The number of sulfonamides is 1. The molecule has 1 amide bonds. The summed E-state index contributed by atoms with van der Waals surface area (Å²) in [6.45, 7) is 9.15. The first kappa shape index (κ1) is 16.4. The van der Waals surface area contributed by atoms with Crippen molar-refractivity contribution < 1.29 is 17.9 Å². The fraction of sp³-hybridized carbons (Fsp3) is 0.529. The molecule has 0 radical (unpaired) electrons. The molecule has 0 aliphatic carbocycles. The molecule has 0 saturated carbocycles. The molecule has 0 unspecified atom stereocenters. The maximum absolute atomic E-state index is 13.5. The van der Waals surface area contributed by atoms with Gasteiger partial charge in [0.2, 0.25) is 10.7 Å². The van der Waals surface area contributed by atoms with E-state index in [0.29, 0.717) is 23.4 Å². The minimum absolute atomic E-state index is 0.203. The Morgan fingerprint density at radius 3 is 2.84 bits per heavy atom. The van der Waals surface area contributed by atoms with E-state index in [1.807, 2.05) is 0 Å². The highest BCUT2D eigenvalue weighted by Gasteiger charge is 2.75. The number of rotatable bonds is 2. The van der Waals surface area contributed by atoms with Gasteiger partial charge in [-0.15, -0.1) is 0 Å². The Kier molecular flexibility index (Phi) is 3.40. The van der Waals surface area contributed by atoms with Gasteiger partial charge >= 0.3 is 0 Å². The van der Waals surface area contributed by atoms with E-state index < -0.39 is 26.8 Å². The summed E-state index contributed by atoms with van der Waals surface area (Å²) in [4.78, 5) is 16.1. The number of amides is 1. The molecule has 1 N–H and O–H groups in total. The van der Waals surface area contributed by atoms with Crippen molar-refractivity contribution in [2.75, 3.05) is 17.9 Å². The Morgan fingerprint density at radius 1 is 1.44 bits per heavy atom. The van der Waals surface area contributed by atoms with E-state index in [-0.39, 0.29) is 18.6 Å². The van der Waals surface area contributed by atoms with Gasteiger partial charge < -0.3 is 10.1 Å². The van der Waals surface area contributed by atoms with Crippen LogP contribution < -0.4 is 9.62 Å². The van der Waals surface area contributed by atoms with Crippen LogP contribution in [-0.4, -0.2) is 44.9 Å². The van der Waals surface area contributed by atoms with Crippen molar-refractivity contribution in [1.29, 1.82) is 0 Å². The van der Waals surface area contributed by atoms with Gasteiger partial charge in [-0.25, -0.2) is 13.3 Å². The highest BCUT2D eigenvalue weighted by molar-refractivity contribution is 7.95. The molecule has 4 atom stereocenters. The van der Waals surface area contributed by atoms with Gasteiger partial charge in [-0.3, -0.25) is 9.10 Å². The van der Waals surface area contributed by atoms with Gasteiger partial charge in [0.05, 0.1) is 18.8 Å². The zero-order valence-corrected chi connectivity index (χ0v) is 14.8. The third kappa shape index (κ3) is 1.82. The van der Waals surface area contributed by atoms with Crippen LogP contribution in [0.4, 0.5) is 11.4 Å². The molecule has 1 aromatic carbocycles. The molecule has 3 aliphatic heterocycles. The predicted octanol–water partition coefficient (Wildman–Crippen LogP) is 1.36. The maximum atomic E-state index is 13.5. The van der Waals surface area contributed by atoms with Crippen LogP contribution in [0.3, 0.4) is 0 Å². The van der Waals surface area contributed by atoms with Gasteiger partial charge in [-0.1, -0.05) is 6.07 Å². The summed E-state index contributed by atoms with van der Waals surface area (Å²) < 4.78 is 32.6. The summed E-state index contributed by atoms with van der Waals surface area (Å²) in [6.07, 6.45) is 0.566. The second-order valence-electron chi connectivity index (χ2n) is 6.84. The minimum Gasteiger partial charge on any atom is -0.372 e. The summed E-state index contributed by atoms with van der Waals surface area (Å²) in [6, 6.07) is 4.96. The summed E-state index contributed by atoms with van der Waals surface area (Å²) in [5.74, 6) is -0.862. The topological polar surface area (TPSA) is 80.1 Å². The van der Waals surface area contributed by atoms with Gasteiger partial charge in [-0.05, 0) is 37.5 Å². The van der Waals surface area contributed by atoms with E-state index in [9.17, 15) is 13.2 Å². The molecule has 7 nitrogen and oxygen atoms in total. The number of anilines is 1. The lowest BCUT2D eigenvalue weighted by Gasteiger charge is -2.32. The van der Waals surface area contributed by atoms with Crippen LogP contribution in [0, 0.1) is 19.4 Å². The zero-order chi connectivity index (χ0) is 18.0. The average Bonchev–Trinajstić information content (AvgIpc) is 3.24. The van der Waals surface area contributed by atoms with E-state index in [2.05, 4.69) is 10.2 Å². The molecule has 0 spiro atoms. The molecule has 0 aromatic heterocycles. The lowest BCUT2D eigenvalue weighted by atomic mass is 9.78. The number of hydrogen-bond donors (Lipinski definition) is 1. The summed E-state index contributed by atoms with van der Waals surface area (Å²) in [5.41, 5.74) is 1.71. The molecule has 8 heteroatoms. The third-order valence-corrected chi connectivity index (χ3v) is 8.33. The van der Waals surface area contributed by atoms with E-state index >= 15 is 0 Å². The van der Waals surface area contributed by atoms with Crippen molar-refractivity contribution >= 4 is 27.3 Å². The van der Waals surface area contributed by atoms with Crippen molar-refractivity contribution in [2.45, 2.75) is 36.7 Å². The Morgan fingerprint density at radius 2 is 2.20 bits per heavy atom. The first-order chi connectivity index (χ1) is 11.9. The van der Waals surface area contributed by atoms with Crippen LogP contribution in [0.15, 0.2) is 18.2 Å². The van der Waals surface area contributed by atoms with Crippen LogP contribution in [0.25, 0.3) is 4.85 Å². The normalized spacial score (nSPS) is 34.6. The first-order valence-corrected chi connectivity index (χ1v) is 9.70. The van der Waals surface area contributed by atoms with Crippen molar-refractivity contribution in [3.63, 3.8) is 0 Å². The number of hydrogen-bond acceptors (Lipinski definition) is 4. The third-order valence-electron chi connectivity index (χ3n) is 5.78. The lowest BCUT2D eigenvalue weighted by molar-refractivity contribution is -0.125. The molecule has 3 heterocycles. The number of ether oxygens (including phenoxy) is 1. The predicted molar refractivity (Wildman–Crippen MR) is 91.9 cm³/mol. The fourth-order valence-corrected chi connectivity index (χ4v) is 7.21. The summed E-state index contributed by atoms with van der Waals surface area (Å²) in [5, 5.41) is 2.55. The molecule has 2 bridgehead atoms. The van der Waals surface area contributed by atoms with E-state index in [1.165, 1.54) is 11.4 Å².